The minimum atomic E-state index is -3.77. The van der Waals surface area contributed by atoms with Crippen molar-refractivity contribution in [3.8, 4) is 5.75 Å². The van der Waals surface area contributed by atoms with Crippen molar-refractivity contribution >= 4 is 27.5 Å². The molecule has 0 radical (unpaired) electrons. The van der Waals surface area contributed by atoms with Crippen LogP contribution >= 0.6 is 0 Å². The number of carbonyl (C=O) groups excluding carboxylic acids is 2. The number of ether oxygens (including phenoxy) is 1. The van der Waals surface area contributed by atoms with E-state index in [9.17, 15) is 22.4 Å². The standard InChI is InChI=1S/C26H36FN3O5S/c1-5-17-28-26(32)23(6-2)29(19-20-13-15-21(35-3)16-14-20)25(31)12-9-18-30(36(4,33)34)24-11-8-7-10-22(24)27/h7-8,10-11,13-16,23H,5-6,9,12,17-19H2,1-4H3,(H,28,32)/t23-/m0/s1. The predicted octanol–water partition coefficient (Wildman–Crippen LogP) is 3.71. The van der Waals surface area contributed by atoms with E-state index in [-0.39, 0.29) is 43.4 Å². The van der Waals surface area contributed by atoms with Gasteiger partial charge < -0.3 is 15.0 Å². The van der Waals surface area contributed by atoms with Crippen molar-refractivity contribution in [2.75, 3.05) is 30.8 Å². The van der Waals surface area contributed by atoms with Crippen LogP contribution in [0.5, 0.6) is 5.75 Å². The molecule has 2 amide bonds. The topological polar surface area (TPSA) is 96.0 Å². The number of nitrogens with one attached hydrogen (secondary N) is 1. The Morgan fingerprint density at radius 1 is 1.08 bits per heavy atom. The minimum Gasteiger partial charge on any atom is -0.497 e. The molecule has 0 heterocycles. The molecule has 10 heteroatoms. The molecule has 0 aromatic heterocycles. The van der Waals surface area contributed by atoms with Crippen LogP contribution in [0, 0.1) is 5.82 Å². The van der Waals surface area contributed by atoms with E-state index in [0.717, 1.165) is 22.5 Å². The second-order valence-corrected chi connectivity index (χ2v) is 10.4. The number of benzene rings is 2. The van der Waals surface area contributed by atoms with Gasteiger partial charge in [-0.05, 0) is 49.1 Å². The number of para-hydroxylation sites is 1. The van der Waals surface area contributed by atoms with Crippen LogP contribution in [0.25, 0.3) is 0 Å². The van der Waals surface area contributed by atoms with Gasteiger partial charge in [0.25, 0.3) is 0 Å². The third-order valence-electron chi connectivity index (χ3n) is 5.72. The molecule has 2 aromatic carbocycles. The number of halogens is 1. The fraction of sp³-hybridized carbons (Fsp3) is 0.462. The molecule has 0 aliphatic carbocycles. The van der Waals surface area contributed by atoms with E-state index < -0.39 is 21.9 Å². The Balaban J connectivity index is 2.21. The smallest absolute Gasteiger partial charge is 0.242 e. The summed E-state index contributed by atoms with van der Waals surface area (Å²) in [7, 11) is -2.20. The Morgan fingerprint density at radius 2 is 1.75 bits per heavy atom. The van der Waals surface area contributed by atoms with Gasteiger partial charge in [0.05, 0.1) is 19.1 Å². The Kier molecular flexibility index (Phi) is 11.2. The zero-order valence-corrected chi connectivity index (χ0v) is 22.2. The lowest BCUT2D eigenvalue weighted by Crippen LogP contribution is -2.49. The molecule has 0 unspecified atom stereocenters. The number of anilines is 1. The normalized spacial score (nSPS) is 12.0. The second kappa shape index (κ2) is 13.8. The van der Waals surface area contributed by atoms with Crippen molar-refractivity contribution in [3.63, 3.8) is 0 Å². The highest BCUT2D eigenvalue weighted by Crippen LogP contribution is 2.23. The van der Waals surface area contributed by atoms with Gasteiger partial charge in [-0.1, -0.05) is 38.1 Å². The van der Waals surface area contributed by atoms with Crippen LogP contribution in [0.4, 0.5) is 10.1 Å². The number of hydrogen-bond acceptors (Lipinski definition) is 5. The van der Waals surface area contributed by atoms with Crippen LogP contribution in [0.15, 0.2) is 48.5 Å². The molecule has 0 saturated heterocycles. The van der Waals surface area contributed by atoms with Crippen LogP contribution in [-0.2, 0) is 26.2 Å². The highest BCUT2D eigenvalue weighted by Gasteiger charge is 2.29. The molecule has 0 aliphatic heterocycles. The van der Waals surface area contributed by atoms with Crippen molar-refractivity contribution in [1.82, 2.24) is 10.2 Å². The summed E-state index contributed by atoms with van der Waals surface area (Å²) in [5.41, 5.74) is 0.767. The summed E-state index contributed by atoms with van der Waals surface area (Å²) >= 11 is 0. The van der Waals surface area contributed by atoms with E-state index >= 15 is 0 Å². The van der Waals surface area contributed by atoms with Crippen molar-refractivity contribution in [1.29, 1.82) is 0 Å². The molecule has 2 aromatic rings. The SMILES string of the molecule is CCCNC(=O)[C@H](CC)N(Cc1ccc(OC)cc1)C(=O)CCCN(c1ccccc1F)S(C)(=O)=O. The average Bonchev–Trinajstić information content (AvgIpc) is 2.85. The molecule has 0 saturated carbocycles. The van der Waals surface area contributed by atoms with Gasteiger partial charge in [-0.2, -0.15) is 0 Å². The number of amides is 2. The summed E-state index contributed by atoms with van der Waals surface area (Å²) in [6.07, 6.45) is 2.34. The highest BCUT2D eigenvalue weighted by molar-refractivity contribution is 7.92. The summed E-state index contributed by atoms with van der Waals surface area (Å²) < 4.78 is 45.1. The van der Waals surface area contributed by atoms with Crippen molar-refractivity contribution in [3.05, 3.63) is 59.9 Å². The monoisotopic (exact) mass is 521 g/mol. The first-order valence-corrected chi connectivity index (χ1v) is 13.9. The van der Waals surface area contributed by atoms with E-state index in [1.165, 1.54) is 23.1 Å². The molecule has 1 N–H and O–H groups in total. The number of rotatable bonds is 14. The van der Waals surface area contributed by atoms with Crippen LogP contribution in [0.3, 0.4) is 0 Å². The van der Waals surface area contributed by atoms with Gasteiger partial charge in [-0.15, -0.1) is 0 Å². The number of hydrogen-bond donors (Lipinski definition) is 1. The molecule has 0 aliphatic rings. The van der Waals surface area contributed by atoms with Crippen molar-refractivity contribution < 1.29 is 27.1 Å². The molecule has 36 heavy (non-hydrogen) atoms. The quantitative estimate of drug-likeness (QED) is 0.409. The molecule has 2 rings (SSSR count). The zero-order valence-electron chi connectivity index (χ0n) is 21.4. The van der Waals surface area contributed by atoms with Gasteiger partial charge in [-0.3, -0.25) is 13.9 Å². The first-order valence-electron chi connectivity index (χ1n) is 12.0. The van der Waals surface area contributed by atoms with Gasteiger partial charge in [0.2, 0.25) is 21.8 Å². The molecular formula is C26H36FN3O5S. The highest BCUT2D eigenvalue weighted by atomic mass is 32.2. The number of methoxy groups -OCH3 is 1. The van der Waals surface area contributed by atoms with Gasteiger partial charge in [0, 0.05) is 26.1 Å². The fourth-order valence-electron chi connectivity index (χ4n) is 3.85. The molecule has 0 fully saturated rings. The maximum Gasteiger partial charge on any atom is 0.242 e. The summed E-state index contributed by atoms with van der Waals surface area (Å²) in [5, 5.41) is 2.86. The van der Waals surface area contributed by atoms with Gasteiger partial charge in [0.1, 0.15) is 17.6 Å². The summed E-state index contributed by atoms with van der Waals surface area (Å²) in [4.78, 5) is 27.7. The molecule has 0 spiro atoms. The van der Waals surface area contributed by atoms with Crippen molar-refractivity contribution in [2.24, 2.45) is 0 Å². The summed E-state index contributed by atoms with van der Waals surface area (Å²) in [6, 6.07) is 12.2. The van der Waals surface area contributed by atoms with E-state index in [1.54, 1.807) is 25.3 Å². The van der Waals surface area contributed by atoms with Crippen molar-refractivity contribution in [2.45, 2.75) is 52.1 Å². The van der Waals surface area contributed by atoms with Gasteiger partial charge in [0.15, 0.2) is 0 Å². The Bertz CT molecular complexity index is 1110. The maximum absolute atomic E-state index is 14.3. The van der Waals surface area contributed by atoms with E-state index in [2.05, 4.69) is 5.32 Å². The largest absolute Gasteiger partial charge is 0.497 e. The lowest BCUT2D eigenvalue weighted by molar-refractivity contribution is -0.141. The number of nitrogens with zero attached hydrogens (tertiary/aromatic N) is 2. The third kappa shape index (κ3) is 8.22. The molecular weight excluding hydrogens is 485 g/mol. The van der Waals surface area contributed by atoms with Gasteiger partial charge in [-0.25, -0.2) is 12.8 Å². The lowest BCUT2D eigenvalue weighted by atomic mass is 10.1. The maximum atomic E-state index is 14.3. The predicted molar refractivity (Wildman–Crippen MR) is 139 cm³/mol. The Hall–Kier alpha value is -3.14. The van der Waals surface area contributed by atoms with Crippen LogP contribution in [0.2, 0.25) is 0 Å². The molecule has 0 bridgehead atoms. The fourth-order valence-corrected chi connectivity index (χ4v) is 4.82. The number of sulfonamides is 1. The molecule has 1 atom stereocenters. The average molecular weight is 522 g/mol. The first kappa shape index (κ1) is 29.1. The van der Waals surface area contributed by atoms with Crippen LogP contribution < -0.4 is 14.4 Å². The van der Waals surface area contributed by atoms with Crippen LogP contribution in [-0.4, -0.2) is 57.6 Å². The Morgan fingerprint density at radius 3 is 2.31 bits per heavy atom. The third-order valence-corrected chi connectivity index (χ3v) is 6.90. The van der Waals surface area contributed by atoms with E-state index in [0.29, 0.717) is 18.7 Å². The van der Waals surface area contributed by atoms with Gasteiger partial charge >= 0.3 is 0 Å². The minimum absolute atomic E-state index is 0.00577. The zero-order chi connectivity index (χ0) is 26.7. The Labute approximate surface area is 213 Å². The lowest BCUT2D eigenvalue weighted by Gasteiger charge is -2.31. The first-order chi connectivity index (χ1) is 17.1. The molecule has 8 nitrogen and oxygen atoms in total. The molecule has 198 valence electrons. The second-order valence-electron chi connectivity index (χ2n) is 8.47. The number of carbonyl (C=O) groups is 2. The summed E-state index contributed by atoms with van der Waals surface area (Å²) in [5.74, 6) is -0.496. The van der Waals surface area contributed by atoms with Crippen LogP contribution in [0.1, 0.15) is 45.1 Å². The summed E-state index contributed by atoms with van der Waals surface area (Å²) in [6.45, 7) is 4.44. The van der Waals surface area contributed by atoms with E-state index in [1.807, 2.05) is 26.0 Å². The van der Waals surface area contributed by atoms with E-state index in [4.69, 9.17) is 4.74 Å².